The largest absolute Gasteiger partial charge is 0.309 e. The molecule has 96 valence electrons. The van der Waals surface area contributed by atoms with E-state index in [2.05, 4.69) is 5.32 Å². The van der Waals surface area contributed by atoms with Crippen LogP contribution in [0.15, 0.2) is 18.2 Å². The molecule has 4 atom stereocenters. The molecule has 3 aliphatic rings. The highest BCUT2D eigenvalue weighted by molar-refractivity contribution is 6.31. The van der Waals surface area contributed by atoms with Crippen LogP contribution in [0.25, 0.3) is 0 Å². The molecule has 1 N–H and O–H groups in total. The zero-order valence-corrected chi connectivity index (χ0v) is 11.0. The average Bonchev–Trinajstić information content (AvgIpc) is 2.75. The molecule has 3 aliphatic carbocycles. The van der Waals surface area contributed by atoms with Crippen molar-refractivity contribution in [1.29, 1.82) is 0 Å². The maximum Gasteiger partial charge on any atom is 0.124 e. The molecule has 0 spiro atoms. The summed E-state index contributed by atoms with van der Waals surface area (Å²) in [6.45, 7) is 0.774. The molecular formula is C15H17ClFN. The third-order valence-corrected chi connectivity index (χ3v) is 5.63. The lowest BCUT2D eigenvalue weighted by Gasteiger charge is -2.11. The van der Waals surface area contributed by atoms with Crippen molar-refractivity contribution in [3.63, 3.8) is 0 Å². The van der Waals surface area contributed by atoms with Gasteiger partial charge in [0.05, 0.1) is 0 Å². The summed E-state index contributed by atoms with van der Waals surface area (Å²) in [5.41, 5.74) is 1.01. The molecule has 0 aliphatic heterocycles. The molecule has 0 saturated heterocycles. The molecule has 1 nitrogen and oxygen atoms in total. The second-order valence-electron chi connectivity index (χ2n) is 6.13. The van der Waals surface area contributed by atoms with Crippen LogP contribution in [-0.4, -0.2) is 6.04 Å². The van der Waals surface area contributed by atoms with Crippen LogP contribution >= 0.6 is 11.6 Å². The Kier molecular flexibility index (Phi) is 2.46. The molecule has 1 aromatic carbocycles. The Morgan fingerprint density at radius 3 is 2.61 bits per heavy atom. The van der Waals surface area contributed by atoms with Gasteiger partial charge in [-0.1, -0.05) is 17.7 Å². The molecule has 0 amide bonds. The monoisotopic (exact) mass is 265 g/mol. The van der Waals surface area contributed by atoms with Gasteiger partial charge >= 0.3 is 0 Å². The van der Waals surface area contributed by atoms with Gasteiger partial charge in [0.1, 0.15) is 5.82 Å². The fraction of sp³-hybridized carbons (Fsp3) is 0.600. The van der Waals surface area contributed by atoms with Crippen molar-refractivity contribution in [2.24, 2.45) is 23.7 Å². The lowest BCUT2D eigenvalue weighted by molar-refractivity contribution is 0.456. The van der Waals surface area contributed by atoms with E-state index in [1.807, 2.05) is 0 Å². The van der Waals surface area contributed by atoms with Gasteiger partial charge in [0, 0.05) is 17.6 Å². The topological polar surface area (TPSA) is 12.0 Å². The van der Waals surface area contributed by atoms with Crippen molar-refractivity contribution in [3.8, 4) is 0 Å². The summed E-state index contributed by atoms with van der Waals surface area (Å²) in [5.74, 6) is 3.58. The zero-order chi connectivity index (χ0) is 12.3. The van der Waals surface area contributed by atoms with Crippen LogP contribution in [0.3, 0.4) is 0 Å². The number of hydrogen-bond acceptors (Lipinski definition) is 1. The first-order valence-electron chi connectivity index (χ1n) is 6.91. The van der Waals surface area contributed by atoms with Gasteiger partial charge in [-0.2, -0.15) is 0 Å². The molecule has 18 heavy (non-hydrogen) atoms. The summed E-state index contributed by atoms with van der Waals surface area (Å²) in [6, 6.07) is 5.38. The molecule has 0 heterocycles. The first kappa shape index (κ1) is 11.2. The van der Waals surface area contributed by atoms with Crippen LogP contribution < -0.4 is 5.32 Å². The Balaban J connectivity index is 1.40. The SMILES string of the molecule is Fc1ccc(CNC2C3C4CCC(C4)C23)c(Cl)c1. The van der Waals surface area contributed by atoms with Gasteiger partial charge in [-0.05, 0) is 60.6 Å². The van der Waals surface area contributed by atoms with Gasteiger partial charge in [-0.25, -0.2) is 4.39 Å². The predicted molar refractivity (Wildman–Crippen MR) is 69.8 cm³/mol. The van der Waals surface area contributed by atoms with Gasteiger partial charge in [0.25, 0.3) is 0 Å². The zero-order valence-electron chi connectivity index (χ0n) is 10.2. The molecule has 0 radical (unpaired) electrons. The summed E-state index contributed by atoms with van der Waals surface area (Å²) in [4.78, 5) is 0. The van der Waals surface area contributed by atoms with E-state index in [0.717, 1.165) is 35.8 Å². The number of hydrogen-bond donors (Lipinski definition) is 1. The third kappa shape index (κ3) is 1.62. The molecular weight excluding hydrogens is 249 g/mol. The van der Waals surface area contributed by atoms with Gasteiger partial charge < -0.3 is 5.32 Å². The highest BCUT2D eigenvalue weighted by atomic mass is 35.5. The van der Waals surface area contributed by atoms with Crippen LogP contribution in [0.5, 0.6) is 0 Å². The summed E-state index contributed by atoms with van der Waals surface area (Å²) in [5, 5.41) is 4.17. The van der Waals surface area contributed by atoms with Crippen molar-refractivity contribution in [3.05, 3.63) is 34.6 Å². The standard InChI is InChI=1S/C15H17ClFN/c16-12-6-11(17)4-3-10(12)7-18-15-13-8-1-2-9(5-8)14(13)15/h3-4,6,8-9,13-15,18H,1-2,5,7H2. The summed E-state index contributed by atoms with van der Waals surface area (Å²) < 4.78 is 13.0. The second-order valence-corrected chi connectivity index (χ2v) is 6.54. The van der Waals surface area contributed by atoms with Gasteiger partial charge in [0.15, 0.2) is 0 Å². The van der Waals surface area contributed by atoms with Crippen molar-refractivity contribution in [2.45, 2.75) is 31.8 Å². The van der Waals surface area contributed by atoms with E-state index >= 15 is 0 Å². The van der Waals surface area contributed by atoms with Crippen molar-refractivity contribution >= 4 is 11.6 Å². The molecule has 4 unspecified atom stereocenters. The van der Waals surface area contributed by atoms with Crippen molar-refractivity contribution in [1.82, 2.24) is 5.32 Å². The Hall–Kier alpha value is -0.600. The van der Waals surface area contributed by atoms with Gasteiger partial charge in [-0.3, -0.25) is 0 Å². The highest BCUT2D eigenvalue weighted by Crippen LogP contribution is 2.65. The fourth-order valence-corrected chi connectivity index (χ4v) is 4.73. The van der Waals surface area contributed by atoms with Gasteiger partial charge in [-0.15, -0.1) is 0 Å². The molecule has 1 aromatic rings. The number of halogens is 2. The van der Waals surface area contributed by atoms with E-state index in [4.69, 9.17) is 11.6 Å². The van der Waals surface area contributed by atoms with Crippen LogP contribution in [0, 0.1) is 29.5 Å². The summed E-state index contributed by atoms with van der Waals surface area (Å²) in [6.07, 6.45) is 4.37. The first-order chi connectivity index (χ1) is 8.74. The van der Waals surface area contributed by atoms with Crippen LogP contribution in [0.4, 0.5) is 4.39 Å². The van der Waals surface area contributed by atoms with Crippen molar-refractivity contribution < 1.29 is 4.39 Å². The second kappa shape index (κ2) is 3.94. The minimum Gasteiger partial charge on any atom is -0.309 e. The van der Waals surface area contributed by atoms with E-state index in [1.165, 1.54) is 31.4 Å². The normalized spacial score (nSPS) is 40.0. The van der Waals surface area contributed by atoms with E-state index in [1.54, 1.807) is 6.07 Å². The summed E-state index contributed by atoms with van der Waals surface area (Å²) >= 11 is 6.04. The number of rotatable bonds is 3. The maximum atomic E-state index is 13.0. The minimum atomic E-state index is -0.259. The Morgan fingerprint density at radius 1 is 1.22 bits per heavy atom. The Morgan fingerprint density at radius 2 is 1.94 bits per heavy atom. The van der Waals surface area contributed by atoms with Crippen LogP contribution in [-0.2, 0) is 6.54 Å². The molecule has 2 bridgehead atoms. The Labute approximate surface area is 112 Å². The summed E-state index contributed by atoms with van der Waals surface area (Å²) in [7, 11) is 0. The smallest absolute Gasteiger partial charge is 0.124 e. The van der Waals surface area contributed by atoms with E-state index in [-0.39, 0.29) is 5.82 Å². The number of nitrogens with one attached hydrogen (secondary N) is 1. The lowest BCUT2D eigenvalue weighted by Crippen LogP contribution is -2.22. The predicted octanol–water partition coefficient (Wildman–Crippen LogP) is 3.61. The quantitative estimate of drug-likeness (QED) is 0.880. The van der Waals surface area contributed by atoms with E-state index in [0.29, 0.717) is 11.1 Å². The van der Waals surface area contributed by atoms with Crippen LogP contribution in [0.1, 0.15) is 24.8 Å². The lowest BCUT2D eigenvalue weighted by atomic mass is 10.0. The molecule has 3 heteroatoms. The van der Waals surface area contributed by atoms with E-state index < -0.39 is 0 Å². The fourth-order valence-electron chi connectivity index (χ4n) is 4.49. The molecule has 3 saturated carbocycles. The molecule has 0 aromatic heterocycles. The first-order valence-corrected chi connectivity index (χ1v) is 7.29. The minimum absolute atomic E-state index is 0.259. The molecule has 4 rings (SSSR count). The van der Waals surface area contributed by atoms with E-state index in [9.17, 15) is 4.39 Å². The highest BCUT2D eigenvalue weighted by Gasteiger charge is 2.64. The number of benzene rings is 1. The van der Waals surface area contributed by atoms with Crippen molar-refractivity contribution in [2.75, 3.05) is 0 Å². The Bertz CT molecular complexity index is 473. The number of fused-ring (bicyclic) bond motifs is 5. The van der Waals surface area contributed by atoms with Crippen LogP contribution in [0.2, 0.25) is 5.02 Å². The third-order valence-electron chi connectivity index (χ3n) is 5.28. The average molecular weight is 266 g/mol. The maximum absolute atomic E-state index is 13.0. The molecule has 3 fully saturated rings. The van der Waals surface area contributed by atoms with Gasteiger partial charge in [0.2, 0.25) is 0 Å².